The monoisotopic (exact) mass is 342 g/mol. The van der Waals surface area contributed by atoms with Gasteiger partial charge in [0.15, 0.2) is 0 Å². The molecule has 0 aliphatic carbocycles. The number of aromatic hydroxyl groups is 1. The van der Waals surface area contributed by atoms with E-state index in [-0.39, 0.29) is 18.0 Å². The van der Waals surface area contributed by atoms with Crippen LogP contribution < -0.4 is 4.74 Å². The van der Waals surface area contributed by atoms with Crippen LogP contribution in [0, 0.1) is 0 Å². The Morgan fingerprint density at radius 3 is 2.42 bits per heavy atom. The summed E-state index contributed by atoms with van der Waals surface area (Å²) in [6, 6.07) is 25.8. The predicted molar refractivity (Wildman–Crippen MR) is 100 cm³/mol. The summed E-state index contributed by atoms with van der Waals surface area (Å²) in [5.41, 5.74) is 4.35. The number of hydrogen-bond acceptors (Lipinski definition) is 4. The van der Waals surface area contributed by atoms with Gasteiger partial charge in [-0.15, -0.1) is 0 Å². The fraction of sp³-hybridized carbons (Fsp3) is 0.136. The second-order valence-corrected chi connectivity index (χ2v) is 6.61. The third kappa shape index (κ3) is 2.42. The van der Waals surface area contributed by atoms with Gasteiger partial charge >= 0.3 is 0 Å². The molecule has 3 aromatic rings. The van der Waals surface area contributed by atoms with Gasteiger partial charge in [0.1, 0.15) is 11.5 Å². The molecule has 2 atom stereocenters. The van der Waals surface area contributed by atoms with Crippen molar-refractivity contribution < 1.29 is 9.84 Å². The minimum absolute atomic E-state index is 0.147. The van der Waals surface area contributed by atoms with Crippen molar-refractivity contribution in [1.82, 2.24) is 5.01 Å². The number of ether oxygens (including phenoxy) is 1. The molecule has 4 heteroatoms. The molecular weight excluding hydrogens is 324 g/mol. The van der Waals surface area contributed by atoms with E-state index >= 15 is 0 Å². The van der Waals surface area contributed by atoms with Crippen molar-refractivity contribution in [3.8, 4) is 11.5 Å². The van der Waals surface area contributed by atoms with Crippen LogP contribution in [0.25, 0.3) is 0 Å². The van der Waals surface area contributed by atoms with Crippen molar-refractivity contribution in [2.24, 2.45) is 5.10 Å². The number of para-hydroxylation sites is 1. The second kappa shape index (κ2) is 5.92. The molecule has 0 amide bonds. The van der Waals surface area contributed by atoms with E-state index in [1.54, 1.807) is 12.1 Å². The minimum Gasteiger partial charge on any atom is -0.508 e. The number of rotatable bonds is 2. The Hall–Kier alpha value is -3.27. The summed E-state index contributed by atoms with van der Waals surface area (Å²) >= 11 is 0. The summed E-state index contributed by atoms with van der Waals surface area (Å²) in [6.45, 7) is 0. The van der Waals surface area contributed by atoms with Crippen LogP contribution in [0.1, 0.15) is 35.4 Å². The second-order valence-electron chi connectivity index (χ2n) is 6.61. The number of hydrazone groups is 1. The van der Waals surface area contributed by atoms with Crippen molar-refractivity contribution in [1.29, 1.82) is 0 Å². The summed E-state index contributed by atoms with van der Waals surface area (Å²) in [5.74, 6) is 1.15. The maximum absolute atomic E-state index is 9.61. The third-order valence-electron chi connectivity index (χ3n) is 4.98. The van der Waals surface area contributed by atoms with Crippen molar-refractivity contribution in [2.45, 2.75) is 18.7 Å². The lowest BCUT2D eigenvalue weighted by Crippen LogP contribution is -2.33. The van der Waals surface area contributed by atoms with Gasteiger partial charge in [-0.3, -0.25) is 0 Å². The zero-order valence-electron chi connectivity index (χ0n) is 14.1. The molecule has 1 N–H and O–H groups in total. The standard InChI is InChI=1S/C22H18N2O2/c25-17-12-10-16(11-13-17)22-24-20(18-8-4-5-9-21(18)26-22)14-19(23-24)15-6-2-1-3-7-15/h1-13,20,22,25H,14H2/t20-,22+/m0/s1. The van der Waals surface area contributed by atoms with E-state index in [0.717, 1.165) is 34.6 Å². The van der Waals surface area contributed by atoms with Crippen molar-refractivity contribution in [3.63, 3.8) is 0 Å². The molecule has 0 saturated carbocycles. The topological polar surface area (TPSA) is 45.1 Å². The van der Waals surface area contributed by atoms with E-state index in [4.69, 9.17) is 9.84 Å². The lowest BCUT2D eigenvalue weighted by Gasteiger charge is -2.38. The van der Waals surface area contributed by atoms with Crippen molar-refractivity contribution >= 4 is 5.71 Å². The zero-order chi connectivity index (χ0) is 17.5. The number of phenolic OH excluding ortho intramolecular Hbond substituents is 1. The minimum atomic E-state index is -0.309. The Labute approximate surface area is 152 Å². The van der Waals surface area contributed by atoms with Crippen LogP contribution in [0.5, 0.6) is 11.5 Å². The largest absolute Gasteiger partial charge is 0.508 e. The van der Waals surface area contributed by atoms with Crippen molar-refractivity contribution in [2.75, 3.05) is 0 Å². The molecule has 0 fully saturated rings. The first-order valence-electron chi connectivity index (χ1n) is 8.75. The van der Waals surface area contributed by atoms with Gasteiger partial charge in [-0.05, 0) is 35.9 Å². The van der Waals surface area contributed by atoms with E-state index in [1.165, 1.54) is 0 Å². The highest BCUT2D eigenvalue weighted by atomic mass is 16.5. The quantitative estimate of drug-likeness (QED) is 0.738. The summed E-state index contributed by atoms with van der Waals surface area (Å²) in [5, 5.41) is 16.6. The molecular formula is C22H18N2O2. The Kier molecular flexibility index (Phi) is 3.42. The summed E-state index contributed by atoms with van der Waals surface area (Å²) in [7, 11) is 0. The maximum atomic E-state index is 9.61. The zero-order valence-corrected chi connectivity index (χ0v) is 14.1. The first kappa shape index (κ1) is 15.0. The predicted octanol–water partition coefficient (Wildman–Crippen LogP) is 4.63. The van der Waals surface area contributed by atoms with Crippen LogP contribution >= 0.6 is 0 Å². The highest BCUT2D eigenvalue weighted by molar-refractivity contribution is 6.01. The number of nitrogens with zero attached hydrogens (tertiary/aromatic N) is 2. The lowest BCUT2D eigenvalue weighted by atomic mass is 9.96. The van der Waals surface area contributed by atoms with E-state index in [0.29, 0.717) is 0 Å². The summed E-state index contributed by atoms with van der Waals surface area (Å²) in [4.78, 5) is 0. The molecule has 26 heavy (non-hydrogen) atoms. The summed E-state index contributed by atoms with van der Waals surface area (Å²) < 4.78 is 6.29. The molecule has 0 radical (unpaired) electrons. The average Bonchev–Trinajstić information content (AvgIpc) is 3.14. The average molecular weight is 342 g/mol. The number of benzene rings is 3. The molecule has 3 aromatic carbocycles. The Morgan fingerprint density at radius 1 is 0.885 bits per heavy atom. The number of fused-ring (bicyclic) bond motifs is 3. The van der Waals surface area contributed by atoms with Gasteiger partial charge in [-0.25, -0.2) is 5.01 Å². The van der Waals surface area contributed by atoms with E-state index in [2.05, 4.69) is 23.2 Å². The highest BCUT2D eigenvalue weighted by Crippen LogP contribution is 2.47. The molecule has 0 unspecified atom stereocenters. The molecule has 0 bridgehead atoms. The maximum Gasteiger partial charge on any atom is 0.213 e. The van der Waals surface area contributed by atoms with Crippen LogP contribution in [0.15, 0.2) is 84.0 Å². The van der Waals surface area contributed by atoms with Gasteiger partial charge in [-0.2, -0.15) is 5.10 Å². The highest BCUT2D eigenvalue weighted by Gasteiger charge is 2.40. The normalized spacial score (nSPS) is 20.8. The van der Waals surface area contributed by atoms with E-state index < -0.39 is 0 Å². The van der Waals surface area contributed by atoms with E-state index in [1.807, 2.05) is 48.5 Å². The van der Waals surface area contributed by atoms with Crippen LogP contribution in [0.3, 0.4) is 0 Å². The fourth-order valence-corrected chi connectivity index (χ4v) is 3.70. The molecule has 0 aromatic heterocycles. The third-order valence-corrected chi connectivity index (χ3v) is 4.98. The smallest absolute Gasteiger partial charge is 0.213 e. The van der Waals surface area contributed by atoms with Crippen LogP contribution in [0.2, 0.25) is 0 Å². The van der Waals surface area contributed by atoms with Crippen molar-refractivity contribution in [3.05, 3.63) is 95.6 Å². The molecule has 5 rings (SSSR count). The first-order chi connectivity index (χ1) is 12.8. The van der Waals surface area contributed by atoms with Gasteiger partial charge < -0.3 is 9.84 Å². The number of phenols is 1. The lowest BCUT2D eigenvalue weighted by molar-refractivity contribution is -0.0190. The number of hydrogen-bond donors (Lipinski definition) is 1. The molecule has 2 aliphatic heterocycles. The summed E-state index contributed by atoms with van der Waals surface area (Å²) in [6.07, 6.45) is 0.538. The molecule has 2 heterocycles. The first-order valence-corrected chi connectivity index (χ1v) is 8.75. The van der Waals surface area contributed by atoms with Gasteiger partial charge in [0, 0.05) is 17.5 Å². The molecule has 4 nitrogen and oxygen atoms in total. The van der Waals surface area contributed by atoms with Gasteiger partial charge in [-0.1, -0.05) is 48.5 Å². The van der Waals surface area contributed by atoms with E-state index in [9.17, 15) is 5.11 Å². The Balaban J connectivity index is 1.60. The fourth-order valence-electron chi connectivity index (χ4n) is 3.70. The van der Waals surface area contributed by atoms with Crippen LogP contribution in [0.4, 0.5) is 0 Å². The van der Waals surface area contributed by atoms with Gasteiger partial charge in [0.25, 0.3) is 0 Å². The SMILES string of the molecule is Oc1ccc([C@H]2Oc3ccccc3[C@@H]3CC(c4ccccc4)=NN23)cc1. The molecule has 0 spiro atoms. The van der Waals surface area contributed by atoms with Crippen LogP contribution in [-0.2, 0) is 0 Å². The Bertz CT molecular complexity index is 967. The van der Waals surface area contributed by atoms with Gasteiger partial charge in [0.2, 0.25) is 6.23 Å². The Morgan fingerprint density at radius 2 is 1.62 bits per heavy atom. The molecule has 2 aliphatic rings. The molecule has 128 valence electrons. The van der Waals surface area contributed by atoms with Gasteiger partial charge in [0.05, 0.1) is 11.8 Å². The van der Waals surface area contributed by atoms with Crippen LogP contribution in [-0.4, -0.2) is 15.8 Å². The molecule has 0 saturated heterocycles.